The highest BCUT2D eigenvalue weighted by atomic mass is 32.2. The minimum Gasteiger partial charge on any atom is -0.493 e. The lowest BCUT2D eigenvalue weighted by Crippen LogP contribution is -2.28. The van der Waals surface area contributed by atoms with Crippen molar-refractivity contribution in [1.29, 1.82) is 0 Å². The molecule has 0 saturated carbocycles. The fourth-order valence-electron chi connectivity index (χ4n) is 2.56. The predicted octanol–water partition coefficient (Wildman–Crippen LogP) is 1.21. The SMILES string of the molecule is CNCc1cc(S(=O)(=O)N2CCCC2)cc(OC)c1OC. The Bertz CT molecular complexity index is 595. The summed E-state index contributed by atoms with van der Waals surface area (Å²) in [4.78, 5) is 0.257. The van der Waals surface area contributed by atoms with Gasteiger partial charge in [-0.15, -0.1) is 0 Å². The van der Waals surface area contributed by atoms with Gasteiger partial charge in [-0.1, -0.05) is 0 Å². The maximum Gasteiger partial charge on any atom is 0.243 e. The number of nitrogens with one attached hydrogen (secondary N) is 1. The van der Waals surface area contributed by atoms with E-state index < -0.39 is 10.0 Å². The van der Waals surface area contributed by atoms with Gasteiger partial charge in [-0.25, -0.2) is 8.42 Å². The Morgan fingerprint density at radius 3 is 2.38 bits per heavy atom. The van der Waals surface area contributed by atoms with Gasteiger partial charge < -0.3 is 14.8 Å². The number of ether oxygens (including phenoxy) is 2. The van der Waals surface area contributed by atoms with Crippen molar-refractivity contribution < 1.29 is 17.9 Å². The van der Waals surface area contributed by atoms with Gasteiger partial charge in [-0.05, 0) is 26.0 Å². The van der Waals surface area contributed by atoms with E-state index in [0.717, 1.165) is 18.4 Å². The third kappa shape index (κ3) is 3.14. The molecule has 0 aromatic heterocycles. The summed E-state index contributed by atoms with van der Waals surface area (Å²) in [5.74, 6) is 0.996. The summed E-state index contributed by atoms with van der Waals surface area (Å²) in [5, 5.41) is 3.01. The van der Waals surface area contributed by atoms with E-state index in [-0.39, 0.29) is 4.90 Å². The van der Waals surface area contributed by atoms with Crippen LogP contribution in [0.1, 0.15) is 18.4 Å². The van der Waals surface area contributed by atoms with Gasteiger partial charge in [-0.3, -0.25) is 0 Å². The molecular weight excluding hydrogens is 292 g/mol. The highest BCUT2D eigenvalue weighted by Crippen LogP contribution is 2.35. The van der Waals surface area contributed by atoms with Crippen molar-refractivity contribution in [2.75, 3.05) is 34.4 Å². The zero-order valence-electron chi connectivity index (χ0n) is 12.7. The quantitative estimate of drug-likeness (QED) is 0.855. The molecule has 0 unspecified atom stereocenters. The van der Waals surface area contributed by atoms with E-state index in [0.29, 0.717) is 31.1 Å². The van der Waals surface area contributed by atoms with Crippen LogP contribution in [0.3, 0.4) is 0 Å². The standard InChI is InChI=1S/C14H22N2O4S/c1-15-10-11-8-12(9-13(19-2)14(11)20-3)21(17,18)16-6-4-5-7-16/h8-9,15H,4-7,10H2,1-3H3. The third-order valence-electron chi connectivity index (χ3n) is 3.60. The van der Waals surface area contributed by atoms with Crippen LogP contribution in [-0.4, -0.2) is 47.1 Å². The lowest BCUT2D eigenvalue weighted by Gasteiger charge is -2.19. The van der Waals surface area contributed by atoms with Crippen LogP contribution in [0, 0.1) is 0 Å². The molecule has 0 aliphatic carbocycles. The van der Waals surface area contributed by atoms with E-state index >= 15 is 0 Å². The third-order valence-corrected chi connectivity index (χ3v) is 5.48. The molecule has 0 amide bonds. The first-order valence-electron chi connectivity index (χ1n) is 6.94. The summed E-state index contributed by atoms with van der Waals surface area (Å²) in [6, 6.07) is 3.19. The van der Waals surface area contributed by atoms with E-state index in [1.807, 2.05) is 0 Å². The van der Waals surface area contributed by atoms with E-state index in [9.17, 15) is 8.42 Å². The number of hydrogen-bond acceptors (Lipinski definition) is 5. The first kappa shape index (κ1) is 16.1. The van der Waals surface area contributed by atoms with Crippen molar-refractivity contribution in [2.24, 2.45) is 0 Å². The molecule has 0 spiro atoms. The Kier molecular flexibility index (Phi) is 5.08. The van der Waals surface area contributed by atoms with Crippen LogP contribution in [0.4, 0.5) is 0 Å². The smallest absolute Gasteiger partial charge is 0.243 e. The van der Waals surface area contributed by atoms with Gasteiger partial charge in [0.1, 0.15) is 0 Å². The molecule has 0 atom stereocenters. The molecule has 1 aliphatic rings. The Morgan fingerprint density at radius 1 is 1.19 bits per heavy atom. The molecule has 1 aromatic carbocycles. The molecule has 0 radical (unpaired) electrons. The highest BCUT2D eigenvalue weighted by molar-refractivity contribution is 7.89. The van der Waals surface area contributed by atoms with Gasteiger partial charge in [0.2, 0.25) is 10.0 Å². The second-order valence-corrected chi connectivity index (χ2v) is 6.90. The van der Waals surface area contributed by atoms with Crippen molar-refractivity contribution in [3.63, 3.8) is 0 Å². The van der Waals surface area contributed by atoms with Crippen LogP contribution in [0.5, 0.6) is 11.5 Å². The van der Waals surface area contributed by atoms with Crippen molar-refractivity contribution in [1.82, 2.24) is 9.62 Å². The Morgan fingerprint density at radius 2 is 1.86 bits per heavy atom. The Balaban J connectivity index is 2.51. The average molecular weight is 314 g/mol. The van der Waals surface area contributed by atoms with Crippen molar-refractivity contribution in [2.45, 2.75) is 24.3 Å². The van der Waals surface area contributed by atoms with E-state index in [1.54, 1.807) is 20.2 Å². The lowest BCUT2D eigenvalue weighted by atomic mass is 10.2. The molecule has 1 saturated heterocycles. The largest absolute Gasteiger partial charge is 0.493 e. The number of sulfonamides is 1. The van der Waals surface area contributed by atoms with Crippen LogP contribution >= 0.6 is 0 Å². The molecule has 1 fully saturated rings. The van der Waals surface area contributed by atoms with Gasteiger partial charge in [0.05, 0.1) is 19.1 Å². The van der Waals surface area contributed by atoms with Crippen LogP contribution in [-0.2, 0) is 16.6 Å². The maximum absolute atomic E-state index is 12.7. The number of benzene rings is 1. The van der Waals surface area contributed by atoms with Gasteiger partial charge in [0, 0.05) is 31.3 Å². The van der Waals surface area contributed by atoms with Crippen LogP contribution in [0.2, 0.25) is 0 Å². The minimum atomic E-state index is -3.47. The molecule has 1 N–H and O–H groups in total. The first-order chi connectivity index (χ1) is 10.0. The highest BCUT2D eigenvalue weighted by Gasteiger charge is 2.29. The van der Waals surface area contributed by atoms with Gasteiger partial charge in [0.15, 0.2) is 11.5 Å². The van der Waals surface area contributed by atoms with Crippen LogP contribution < -0.4 is 14.8 Å². The lowest BCUT2D eigenvalue weighted by molar-refractivity contribution is 0.349. The molecular formula is C14H22N2O4S. The summed E-state index contributed by atoms with van der Waals surface area (Å²) >= 11 is 0. The minimum absolute atomic E-state index is 0.257. The van der Waals surface area contributed by atoms with E-state index in [1.165, 1.54) is 17.5 Å². The number of hydrogen-bond donors (Lipinski definition) is 1. The normalized spacial score (nSPS) is 16.1. The van der Waals surface area contributed by atoms with Crippen LogP contribution in [0.25, 0.3) is 0 Å². The molecule has 118 valence electrons. The van der Waals surface area contributed by atoms with Gasteiger partial charge in [0.25, 0.3) is 0 Å². The van der Waals surface area contributed by atoms with E-state index in [4.69, 9.17) is 9.47 Å². The molecule has 1 aliphatic heterocycles. The van der Waals surface area contributed by atoms with Crippen LogP contribution in [0.15, 0.2) is 17.0 Å². The molecule has 1 heterocycles. The molecule has 2 rings (SSSR count). The second kappa shape index (κ2) is 6.64. The fourth-order valence-corrected chi connectivity index (χ4v) is 4.15. The maximum atomic E-state index is 12.7. The van der Waals surface area contributed by atoms with E-state index in [2.05, 4.69) is 5.32 Å². The summed E-state index contributed by atoms with van der Waals surface area (Å²) < 4.78 is 37.5. The number of rotatable bonds is 6. The molecule has 21 heavy (non-hydrogen) atoms. The summed E-state index contributed by atoms with van der Waals surface area (Å²) in [6.07, 6.45) is 1.83. The summed E-state index contributed by atoms with van der Waals surface area (Å²) in [5.41, 5.74) is 0.761. The zero-order chi connectivity index (χ0) is 15.5. The predicted molar refractivity (Wildman–Crippen MR) is 80.3 cm³/mol. The average Bonchev–Trinajstić information content (AvgIpc) is 3.01. The number of nitrogens with zero attached hydrogens (tertiary/aromatic N) is 1. The monoisotopic (exact) mass is 314 g/mol. The van der Waals surface area contributed by atoms with Gasteiger partial charge in [-0.2, -0.15) is 4.31 Å². The Hall–Kier alpha value is -1.31. The van der Waals surface area contributed by atoms with Crippen molar-refractivity contribution in [3.8, 4) is 11.5 Å². The van der Waals surface area contributed by atoms with Crippen molar-refractivity contribution in [3.05, 3.63) is 17.7 Å². The zero-order valence-corrected chi connectivity index (χ0v) is 13.5. The number of methoxy groups -OCH3 is 2. The molecule has 6 nitrogen and oxygen atoms in total. The van der Waals surface area contributed by atoms with Gasteiger partial charge >= 0.3 is 0 Å². The Labute approximate surface area is 126 Å². The fraction of sp³-hybridized carbons (Fsp3) is 0.571. The molecule has 0 bridgehead atoms. The summed E-state index contributed by atoms with van der Waals surface area (Å²) in [6.45, 7) is 1.67. The molecule has 7 heteroatoms. The first-order valence-corrected chi connectivity index (χ1v) is 8.38. The molecule has 1 aromatic rings. The second-order valence-electron chi connectivity index (χ2n) is 4.96. The topological polar surface area (TPSA) is 67.9 Å². The van der Waals surface area contributed by atoms with Crippen molar-refractivity contribution >= 4 is 10.0 Å². The summed E-state index contributed by atoms with van der Waals surface area (Å²) in [7, 11) is 1.39.